The van der Waals surface area contributed by atoms with Crippen LogP contribution in [0.5, 0.6) is 0 Å². The molecule has 0 saturated heterocycles. The smallest absolute Gasteiger partial charge is 0.0238 e. The van der Waals surface area contributed by atoms with E-state index in [4.69, 9.17) is 0 Å². The van der Waals surface area contributed by atoms with Crippen LogP contribution in [0.2, 0.25) is 0 Å². The lowest BCUT2D eigenvalue weighted by Gasteiger charge is -2.62. The Labute approximate surface area is 120 Å². The monoisotopic (exact) mass is 262 g/mol. The Balaban J connectivity index is 1.69. The number of rotatable bonds is 5. The third-order valence-electron chi connectivity index (χ3n) is 7.06. The van der Waals surface area contributed by atoms with Crippen molar-refractivity contribution >= 4 is 0 Å². The van der Waals surface area contributed by atoms with Crippen LogP contribution in [0.1, 0.15) is 85.5 Å². The summed E-state index contributed by atoms with van der Waals surface area (Å²) in [4.78, 5) is 0. The van der Waals surface area contributed by atoms with Gasteiger partial charge in [0.1, 0.15) is 0 Å². The van der Waals surface area contributed by atoms with Crippen LogP contribution in [0.3, 0.4) is 0 Å². The highest BCUT2D eigenvalue weighted by Gasteiger charge is 2.56. The van der Waals surface area contributed by atoms with Gasteiger partial charge in [-0.1, -0.05) is 40.5 Å². The molecule has 0 aromatic carbocycles. The lowest BCUT2D eigenvalue weighted by Crippen LogP contribution is -2.52. The minimum atomic E-state index is 0.595. The van der Waals surface area contributed by atoms with Crippen LogP contribution in [0.4, 0.5) is 0 Å². The summed E-state index contributed by atoms with van der Waals surface area (Å²) in [7, 11) is 0. The van der Waals surface area contributed by atoms with Crippen LogP contribution in [0, 0.1) is 34.5 Å². The van der Waals surface area contributed by atoms with Crippen molar-refractivity contribution in [1.29, 1.82) is 0 Å². The summed E-state index contributed by atoms with van der Waals surface area (Å²) in [5.74, 6) is 4.20. The maximum Gasteiger partial charge on any atom is -0.0238 e. The summed E-state index contributed by atoms with van der Waals surface area (Å²) in [5, 5.41) is 0. The minimum Gasteiger partial charge on any atom is -0.0628 e. The van der Waals surface area contributed by atoms with E-state index in [-0.39, 0.29) is 0 Å². The van der Waals surface area contributed by atoms with E-state index in [1.54, 1.807) is 38.5 Å². The van der Waals surface area contributed by atoms with Gasteiger partial charge in [0.05, 0.1) is 0 Å². The Bertz CT molecular complexity index is 288. The van der Waals surface area contributed by atoms with E-state index in [2.05, 4.69) is 27.7 Å². The summed E-state index contributed by atoms with van der Waals surface area (Å²) in [6.07, 6.45) is 13.8. The van der Waals surface area contributed by atoms with Crippen molar-refractivity contribution in [2.24, 2.45) is 34.5 Å². The maximum atomic E-state index is 2.61. The Morgan fingerprint density at radius 2 is 1.42 bits per heavy atom. The van der Waals surface area contributed by atoms with E-state index in [0.29, 0.717) is 5.41 Å². The molecule has 0 aromatic rings. The molecule has 110 valence electrons. The molecule has 4 aliphatic rings. The predicted octanol–water partition coefficient (Wildman–Crippen LogP) is 6.06. The second kappa shape index (κ2) is 4.78. The molecule has 4 rings (SSSR count). The molecular weight excluding hydrogens is 228 g/mol. The molecular formula is C19H34. The maximum absolute atomic E-state index is 2.61. The molecule has 4 bridgehead atoms. The second-order valence-corrected chi connectivity index (χ2v) is 9.37. The summed E-state index contributed by atoms with van der Waals surface area (Å²) < 4.78 is 0. The molecule has 0 amide bonds. The van der Waals surface area contributed by atoms with Crippen molar-refractivity contribution in [2.45, 2.75) is 85.5 Å². The van der Waals surface area contributed by atoms with Gasteiger partial charge >= 0.3 is 0 Å². The minimum absolute atomic E-state index is 0.595. The zero-order chi connectivity index (χ0) is 13.7. The average molecular weight is 262 g/mol. The molecule has 0 heterocycles. The fraction of sp³-hybridized carbons (Fsp3) is 1.00. The normalized spacial score (nSPS) is 41.2. The van der Waals surface area contributed by atoms with Crippen molar-refractivity contribution in [3.8, 4) is 0 Å². The third-order valence-corrected chi connectivity index (χ3v) is 7.06. The SMILES string of the molecule is CC(C)CCCC(C)(C)C12CC3CC(CC(C3)C1)C2. The average Bonchev–Trinajstić information content (AvgIpc) is 2.25. The van der Waals surface area contributed by atoms with Gasteiger partial charge in [-0.15, -0.1) is 0 Å². The van der Waals surface area contributed by atoms with Gasteiger partial charge in [-0.2, -0.15) is 0 Å². The topological polar surface area (TPSA) is 0 Å². The molecule has 0 N–H and O–H groups in total. The fourth-order valence-corrected chi connectivity index (χ4v) is 6.16. The fourth-order valence-electron chi connectivity index (χ4n) is 6.16. The second-order valence-electron chi connectivity index (χ2n) is 9.37. The Kier molecular flexibility index (Phi) is 3.51. The molecule has 0 nitrogen and oxygen atoms in total. The van der Waals surface area contributed by atoms with Crippen molar-refractivity contribution in [1.82, 2.24) is 0 Å². The first kappa shape index (κ1) is 14.0. The van der Waals surface area contributed by atoms with Crippen molar-refractivity contribution in [2.75, 3.05) is 0 Å². The highest BCUT2D eigenvalue weighted by Crippen LogP contribution is 2.66. The number of hydrogen-bond acceptors (Lipinski definition) is 0. The van der Waals surface area contributed by atoms with Crippen LogP contribution in [0.15, 0.2) is 0 Å². The van der Waals surface area contributed by atoms with Gasteiger partial charge in [-0.3, -0.25) is 0 Å². The highest BCUT2D eigenvalue weighted by atomic mass is 14.6. The first-order valence-corrected chi connectivity index (χ1v) is 8.90. The molecule has 19 heavy (non-hydrogen) atoms. The summed E-state index contributed by atoms with van der Waals surface area (Å²) in [5.41, 5.74) is 1.33. The molecule has 4 fully saturated rings. The zero-order valence-electron chi connectivity index (χ0n) is 13.7. The molecule has 0 radical (unpaired) electrons. The van der Waals surface area contributed by atoms with E-state index in [0.717, 1.165) is 29.1 Å². The van der Waals surface area contributed by atoms with Crippen LogP contribution in [-0.2, 0) is 0 Å². The van der Waals surface area contributed by atoms with Crippen molar-refractivity contribution in [3.63, 3.8) is 0 Å². The predicted molar refractivity (Wildman–Crippen MR) is 83.1 cm³/mol. The van der Waals surface area contributed by atoms with E-state index < -0.39 is 0 Å². The molecule has 0 spiro atoms. The van der Waals surface area contributed by atoms with Crippen LogP contribution in [-0.4, -0.2) is 0 Å². The molecule has 0 heteroatoms. The quantitative estimate of drug-likeness (QED) is 0.565. The highest BCUT2D eigenvalue weighted by molar-refractivity contribution is 5.06. The standard InChI is InChI=1S/C19H34/c1-14(2)6-5-7-18(3,4)19-11-15-8-16(12-19)10-17(9-15)13-19/h14-17H,5-13H2,1-4H3. The van der Waals surface area contributed by atoms with Crippen molar-refractivity contribution < 1.29 is 0 Å². The number of hydrogen-bond donors (Lipinski definition) is 0. The molecule has 4 aliphatic carbocycles. The third kappa shape index (κ3) is 2.49. The Hall–Kier alpha value is 0. The first-order valence-electron chi connectivity index (χ1n) is 8.90. The van der Waals surface area contributed by atoms with Gasteiger partial charge in [0, 0.05) is 0 Å². The molecule has 0 aromatic heterocycles. The summed E-state index contributed by atoms with van der Waals surface area (Å²) in [6.45, 7) is 9.97. The van der Waals surface area contributed by atoms with Gasteiger partial charge in [-0.05, 0) is 79.4 Å². The Morgan fingerprint density at radius 3 is 1.84 bits per heavy atom. The van der Waals surface area contributed by atoms with Crippen LogP contribution >= 0.6 is 0 Å². The molecule has 0 aliphatic heterocycles. The van der Waals surface area contributed by atoms with Crippen LogP contribution < -0.4 is 0 Å². The zero-order valence-corrected chi connectivity index (χ0v) is 13.7. The lowest BCUT2D eigenvalue weighted by atomic mass is 9.42. The van der Waals surface area contributed by atoms with E-state index in [9.17, 15) is 0 Å². The summed E-state index contributed by atoms with van der Waals surface area (Å²) >= 11 is 0. The van der Waals surface area contributed by atoms with Gasteiger partial charge < -0.3 is 0 Å². The van der Waals surface area contributed by atoms with Gasteiger partial charge in [0.25, 0.3) is 0 Å². The van der Waals surface area contributed by atoms with Gasteiger partial charge in [0.2, 0.25) is 0 Å². The molecule has 0 atom stereocenters. The van der Waals surface area contributed by atoms with Gasteiger partial charge in [0.15, 0.2) is 0 Å². The molecule has 4 saturated carbocycles. The van der Waals surface area contributed by atoms with E-state index >= 15 is 0 Å². The lowest BCUT2D eigenvalue weighted by molar-refractivity contribution is -0.122. The van der Waals surface area contributed by atoms with E-state index in [1.807, 2.05) is 0 Å². The molecule has 0 unspecified atom stereocenters. The van der Waals surface area contributed by atoms with Gasteiger partial charge in [-0.25, -0.2) is 0 Å². The van der Waals surface area contributed by atoms with Crippen LogP contribution in [0.25, 0.3) is 0 Å². The summed E-state index contributed by atoms with van der Waals surface area (Å²) in [6, 6.07) is 0. The first-order chi connectivity index (χ1) is 8.90. The van der Waals surface area contributed by atoms with Crippen molar-refractivity contribution in [3.05, 3.63) is 0 Å². The largest absolute Gasteiger partial charge is 0.0628 e. The Morgan fingerprint density at radius 1 is 0.947 bits per heavy atom. The van der Waals surface area contributed by atoms with E-state index in [1.165, 1.54) is 19.3 Å².